The van der Waals surface area contributed by atoms with Crippen LogP contribution in [0.25, 0.3) is 0 Å². The van der Waals surface area contributed by atoms with E-state index in [0.717, 1.165) is 0 Å². The van der Waals surface area contributed by atoms with Crippen LogP contribution in [-0.4, -0.2) is 16.2 Å². The number of benzene rings is 1. The molecule has 0 radical (unpaired) electrons. The van der Waals surface area contributed by atoms with Crippen LogP contribution in [0.3, 0.4) is 0 Å². The molecule has 2 aromatic rings. The lowest BCUT2D eigenvalue weighted by atomic mass is 10.3. The highest BCUT2D eigenvalue weighted by Gasteiger charge is 2.12. The van der Waals surface area contributed by atoms with Crippen LogP contribution in [0.15, 0.2) is 23.4 Å². The second kappa shape index (κ2) is 6.37. The van der Waals surface area contributed by atoms with Gasteiger partial charge in [-0.15, -0.1) is 0 Å². The monoisotopic (exact) mass is 353 g/mol. The molecular formula is C11H7Cl4N3S. The summed E-state index contributed by atoms with van der Waals surface area (Å²) in [6, 6.07) is 5.09. The van der Waals surface area contributed by atoms with E-state index in [0.29, 0.717) is 26.6 Å². The molecule has 0 aliphatic carbocycles. The van der Waals surface area contributed by atoms with Gasteiger partial charge in [-0.3, -0.25) is 0 Å². The molecule has 8 heteroatoms. The summed E-state index contributed by atoms with van der Waals surface area (Å²) in [5.41, 5.74) is 1.12. The predicted octanol–water partition coefficient (Wildman–Crippen LogP) is 5.56. The largest absolute Gasteiger partial charge is 0.350 e. The molecule has 19 heavy (non-hydrogen) atoms. The Kier molecular flexibility index (Phi) is 5.03. The highest BCUT2D eigenvalue weighted by atomic mass is 35.5. The van der Waals surface area contributed by atoms with Crippen molar-refractivity contribution in [1.82, 2.24) is 9.97 Å². The molecule has 0 fully saturated rings. The zero-order valence-electron chi connectivity index (χ0n) is 9.55. The normalized spacial score (nSPS) is 10.6. The first kappa shape index (κ1) is 15.0. The van der Waals surface area contributed by atoms with Gasteiger partial charge in [0.05, 0.1) is 10.0 Å². The Labute approximate surface area is 134 Å². The third-order valence-corrected chi connectivity index (χ3v) is 4.01. The molecule has 0 amide bonds. The Hall–Kier alpha value is -0.390. The molecule has 0 aliphatic rings. The van der Waals surface area contributed by atoms with Crippen molar-refractivity contribution >= 4 is 69.5 Å². The maximum Gasteiger partial charge on any atom is 0.190 e. The fraction of sp³-hybridized carbons (Fsp3) is 0.0909. The summed E-state index contributed by atoms with van der Waals surface area (Å²) in [4.78, 5) is 8.20. The second-order valence-corrected chi connectivity index (χ2v) is 5.72. The third kappa shape index (κ3) is 3.58. The molecule has 3 nitrogen and oxygen atoms in total. The van der Waals surface area contributed by atoms with Crippen LogP contribution in [-0.2, 0) is 0 Å². The fourth-order valence-corrected chi connectivity index (χ4v) is 2.55. The molecule has 1 heterocycles. The van der Waals surface area contributed by atoms with E-state index in [1.807, 2.05) is 6.26 Å². The minimum Gasteiger partial charge on any atom is -0.350 e. The van der Waals surface area contributed by atoms with Crippen molar-refractivity contribution in [1.29, 1.82) is 0 Å². The highest BCUT2D eigenvalue weighted by molar-refractivity contribution is 7.98. The SMILES string of the molecule is CSc1nc(Cl)c(Nc2ccc(Cl)c(Cl)c2)c(Cl)n1. The van der Waals surface area contributed by atoms with Crippen LogP contribution >= 0.6 is 58.2 Å². The number of anilines is 2. The van der Waals surface area contributed by atoms with E-state index < -0.39 is 0 Å². The summed E-state index contributed by atoms with van der Waals surface area (Å²) in [7, 11) is 0. The number of aromatic nitrogens is 2. The summed E-state index contributed by atoms with van der Waals surface area (Å²) >= 11 is 25.3. The van der Waals surface area contributed by atoms with Crippen LogP contribution in [0.2, 0.25) is 20.4 Å². The van der Waals surface area contributed by atoms with Gasteiger partial charge in [-0.1, -0.05) is 58.2 Å². The molecule has 1 aromatic heterocycles. The Balaban J connectivity index is 2.35. The number of hydrogen-bond acceptors (Lipinski definition) is 4. The summed E-state index contributed by atoms with van der Waals surface area (Å²) < 4.78 is 0. The minimum atomic E-state index is 0.246. The number of nitrogens with zero attached hydrogens (tertiary/aromatic N) is 2. The van der Waals surface area contributed by atoms with Crippen LogP contribution in [0.1, 0.15) is 0 Å². The average Bonchev–Trinajstić information content (AvgIpc) is 2.37. The van der Waals surface area contributed by atoms with Gasteiger partial charge in [-0.05, 0) is 24.5 Å². The quantitative estimate of drug-likeness (QED) is 0.445. The topological polar surface area (TPSA) is 37.8 Å². The Bertz CT molecular complexity index is 598. The van der Waals surface area contributed by atoms with Crippen molar-refractivity contribution in [2.75, 3.05) is 11.6 Å². The summed E-state index contributed by atoms with van der Waals surface area (Å²) in [5.74, 6) is 0. The van der Waals surface area contributed by atoms with E-state index in [1.54, 1.807) is 18.2 Å². The standard InChI is InChI=1S/C11H7Cl4N3S/c1-19-11-17-9(14)8(10(15)18-11)16-5-2-3-6(12)7(13)4-5/h2-4,16H,1H3. The van der Waals surface area contributed by atoms with Gasteiger partial charge in [0.25, 0.3) is 0 Å². The molecule has 0 saturated carbocycles. The van der Waals surface area contributed by atoms with E-state index in [1.165, 1.54) is 11.8 Å². The molecule has 0 atom stereocenters. The number of hydrogen-bond donors (Lipinski definition) is 1. The van der Waals surface area contributed by atoms with Gasteiger partial charge in [0.2, 0.25) is 0 Å². The molecule has 2 rings (SSSR count). The molecule has 0 spiro atoms. The van der Waals surface area contributed by atoms with E-state index in [4.69, 9.17) is 46.4 Å². The molecule has 1 N–H and O–H groups in total. The predicted molar refractivity (Wildman–Crippen MR) is 83.6 cm³/mol. The molecule has 0 bridgehead atoms. The number of nitrogens with one attached hydrogen (secondary N) is 1. The number of halogens is 4. The Morgan fingerprint density at radius 1 is 1.00 bits per heavy atom. The molecule has 1 aromatic carbocycles. The van der Waals surface area contributed by atoms with Crippen molar-refractivity contribution in [3.63, 3.8) is 0 Å². The summed E-state index contributed by atoms with van der Waals surface area (Å²) in [6.07, 6.45) is 1.84. The molecule has 0 aliphatic heterocycles. The van der Waals surface area contributed by atoms with Crippen LogP contribution in [0.5, 0.6) is 0 Å². The van der Waals surface area contributed by atoms with Gasteiger partial charge in [-0.25, -0.2) is 9.97 Å². The van der Waals surface area contributed by atoms with Crippen molar-refractivity contribution in [3.05, 3.63) is 38.6 Å². The van der Waals surface area contributed by atoms with E-state index in [9.17, 15) is 0 Å². The Morgan fingerprint density at radius 2 is 1.63 bits per heavy atom. The van der Waals surface area contributed by atoms with Crippen molar-refractivity contribution in [2.24, 2.45) is 0 Å². The maximum atomic E-state index is 6.06. The smallest absolute Gasteiger partial charge is 0.190 e. The highest BCUT2D eigenvalue weighted by Crippen LogP contribution is 2.33. The van der Waals surface area contributed by atoms with E-state index in [-0.39, 0.29) is 10.3 Å². The average molecular weight is 355 g/mol. The lowest BCUT2D eigenvalue weighted by molar-refractivity contribution is 0.974. The van der Waals surface area contributed by atoms with Crippen LogP contribution in [0, 0.1) is 0 Å². The van der Waals surface area contributed by atoms with E-state index >= 15 is 0 Å². The minimum absolute atomic E-state index is 0.246. The lowest BCUT2D eigenvalue weighted by Crippen LogP contribution is -1.98. The second-order valence-electron chi connectivity index (χ2n) is 3.42. The number of thioether (sulfide) groups is 1. The van der Waals surface area contributed by atoms with Crippen molar-refractivity contribution < 1.29 is 0 Å². The van der Waals surface area contributed by atoms with Crippen molar-refractivity contribution in [2.45, 2.75) is 5.16 Å². The van der Waals surface area contributed by atoms with Gasteiger partial charge in [0, 0.05) is 5.69 Å². The first-order valence-corrected chi connectivity index (χ1v) is 7.74. The summed E-state index contributed by atoms with van der Waals surface area (Å²) in [6.45, 7) is 0. The maximum absolute atomic E-state index is 6.06. The molecule has 100 valence electrons. The fourth-order valence-electron chi connectivity index (χ4n) is 1.30. The first-order chi connectivity index (χ1) is 9.01. The van der Waals surface area contributed by atoms with Gasteiger partial charge in [0.1, 0.15) is 5.69 Å². The van der Waals surface area contributed by atoms with Crippen LogP contribution in [0.4, 0.5) is 11.4 Å². The van der Waals surface area contributed by atoms with Gasteiger partial charge < -0.3 is 5.32 Å². The third-order valence-electron chi connectivity index (χ3n) is 2.17. The molecule has 0 unspecified atom stereocenters. The van der Waals surface area contributed by atoms with Gasteiger partial charge >= 0.3 is 0 Å². The van der Waals surface area contributed by atoms with Gasteiger partial charge in [-0.2, -0.15) is 0 Å². The zero-order chi connectivity index (χ0) is 14.0. The molecular weight excluding hydrogens is 348 g/mol. The first-order valence-electron chi connectivity index (χ1n) is 5.00. The molecule has 0 saturated heterocycles. The zero-order valence-corrected chi connectivity index (χ0v) is 13.4. The van der Waals surface area contributed by atoms with Crippen LogP contribution < -0.4 is 5.32 Å². The number of rotatable bonds is 3. The van der Waals surface area contributed by atoms with Gasteiger partial charge in [0.15, 0.2) is 15.5 Å². The lowest BCUT2D eigenvalue weighted by Gasteiger charge is -2.10. The Morgan fingerprint density at radius 3 is 2.16 bits per heavy atom. The summed E-state index contributed by atoms with van der Waals surface area (Å²) in [5, 5.41) is 4.92. The van der Waals surface area contributed by atoms with Crippen molar-refractivity contribution in [3.8, 4) is 0 Å². The van der Waals surface area contributed by atoms with E-state index in [2.05, 4.69) is 15.3 Å².